The van der Waals surface area contributed by atoms with Crippen LogP contribution in [0.2, 0.25) is 0 Å². The molecule has 0 atom stereocenters. The van der Waals surface area contributed by atoms with Crippen LogP contribution in [0, 0.1) is 0 Å². The largest absolute Gasteiger partial charge is 0.422 e. The van der Waals surface area contributed by atoms with Gasteiger partial charge in [0.2, 0.25) is 0 Å². The average Bonchev–Trinajstić information content (AvgIpc) is 3.18. The number of aryl methyl sites for hydroxylation is 1. The van der Waals surface area contributed by atoms with Gasteiger partial charge in [0.1, 0.15) is 11.1 Å². The second kappa shape index (κ2) is 6.20. The summed E-state index contributed by atoms with van der Waals surface area (Å²) in [5.74, 6) is -0.553. The highest BCUT2D eigenvalue weighted by Crippen LogP contribution is 2.27. The Morgan fingerprint density at radius 2 is 1.82 bits per heavy atom. The van der Waals surface area contributed by atoms with E-state index in [2.05, 4.69) is 10.3 Å². The number of H-pyrrole nitrogens is 1. The molecule has 0 bridgehead atoms. The molecule has 6 nitrogen and oxygen atoms in total. The molecule has 0 unspecified atom stereocenters. The molecule has 28 heavy (non-hydrogen) atoms. The van der Waals surface area contributed by atoms with Crippen molar-refractivity contribution in [3.05, 3.63) is 86.0 Å². The molecule has 1 aliphatic rings. The van der Waals surface area contributed by atoms with Crippen molar-refractivity contribution < 1.29 is 9.21 Å². The van der Waals surface area contributed by atoms with E-state index in [1.165, 1.54) is 6.07 Å². The molecule has 138 valence electrons. The van der Waals surface area contributed by atoms with Gasteiger partial charge in [-0.25, -0.2) is 4.79 Å². The van der Waals surface area contributed by atoms with Gasteiger partial charge in [0.25, 0.3) is 11.5 Å². The van der Waals surface area contributed by atoms with E-state index < -0.39 is 11.5 Å². The first-order valence-electron chi connectivity index (χ1n) is 9.12. The van der Waals surface area contributed by atoms with Crippen LogP contribution in [0.5, 0.6) is 0 Å². The minimum absolute atomic E-state index is 0.0683. The topological polar surface area (TPSA) is 92.2 Å². The Morgan fingerprint density at radius 1 is 1.00 bits per heavy atom. The van der Waals surface area contributed by atoms with Gasteiger partial charge < -0.3 is 14.7 Å². The van der Waals surface area contributed by atoms with Gasteiger partial charge in [0, 0.05) is 22.0 Å². The molecule has 2 aromatic heterocycles. The number of amides is 1. The molecule has 0 fully saturated rings. The Kier molecular flexibility index (Phi) is 3.65. The number of para-hydroxylation sites is 1. The minimum atomic E-state index is -0.691. The standard InChI is InChI=1S/C22H16N2O4/c25-20-16-6-3-5-14(16)15-9-8-13(11-18(15)24-20)23-21(26)17-10-12-4-1-2-7-19(12)28-22(17)27/h1-2,4,7-11H,3,5-6H2,(H,23,26)(H,24,25). The number of aromatic nitrogens is 1. The molecule has 0 saturated carbocycles. The number of rotatable bonds is 2. The van der Waals surface area contributed by atoms with Crippen LogP contribution in [0.1, 0.15) is 27.9 Å². The molecule has 0 saturated heterocycles. The van der Waals surface area contributed by atoms with Crippen molar-refractivity contribution in [3.63, 3.8) is 0 Å². The van der Waals surface area contributed by atoms with Gasteiger partial charge in [0.15, 0.2) is 0 Å². The van der Waals surface area contributed by atoms with Gasteiger partial charge in [-0.2, -0.15) is 0 Å². The molecule has 1 amide bonds. The van der Waals surface area contributed by atoms with Crippen LogP contribution in [0.15, 0.2) is 62.5 Å². The third-order valence-corrected chi connectivity index (χ3v) is 5.23. The van der Waals surface area contributed by atoms with Gasteiger partial charge in [-0.05, 0) is 49.1 Å². The summed E-state index contributed by atoms with van der Waals surface area (Å²) in [4.78, 5) is 39.9. The first-order chi connectivity index (χ1) is 13.6. The smallest absolute Gasteiger partial charge is 0.349 e. The predicted octanol–water partition coefficient (Wildman–Crippen LogP) is 3.38. The zero-order valence-electron chi connectivity index (χ0n) is 14.9. The summed E-state index contributed by atoms with van der Waals surface area (Å²) < 4.78 is 5.22. The van der Waals surface area contributed by atoms with Crippen LogP contribution in [0.25, 0.3) is 21.9 Å². The van der Waals surface area contributed by atoms with E-state index in [0.717, 1.165) is 35.8 Å². The molecule has 2 heterocycles. The van der Waals surface area contributed by atoms with Crippen LogP contribution in [0.4, 0.5) is 5.69 Å². The summed E-state index contributed by atoms with van der Waals surface area (Å²) in [7, 11) is 0. The fourth-order valence-corrected chi connectivity index (χ4v) is 3.90. The first kappa shape index (κ1) is 16.5. The molecule has 0 radical (unpaired) electrons. The number of carbonyl (C=O) groups excluding carboxylic acids is 1. The summed E-state index contributed by atoms with van der Waals surface area (Å²) in [6.45, 7) is 0. The molecule has 0 aliphatic heterocycles. The highest BCUT2D eigenvalue weighted by Gasteiger charge is 2.19. The van der Waals surface area contributed by atoms with Crippen LogP contribution < -0.4 is 16.5 Å². The minimum Gasteiger partial charge on any atom is -0.422 e. The third-order valence-electron chi connectivity index (χ3n) is 5.23. The Bertz CT molecular complexity index is 1380. The Hall–Kier alpha value is -3.67. The SMILES string of the molecule is O=C(Nc1ccc2c3c(c(=O)[nH]c2c1)CCC3)c1cc2ccccc2oc1=O. The maximum absolute atomic E-state index is 12.6. The van der Waals surface area contributed by atoms with E-state index >= 15 is 0 Å². The monoisotopic (exact) mass is 372 g/mol. The predicted molar refractivity (Wildman–Crippen MR) is 107 cm³/mol. The second-order valence-electron chi connectivity index (χ2n) is 6.96. The number of anilines is 1. The zero-order chi connectivity index (χ0) is 19.3. The van der Waals surface area contributed by atoms with Gasteiger partial charge in [0.05, 0.1) is 5.52 Å². The summed E-state index contributed by atoms with van der Waals surface area (Å²) in [6.07, 6.45) is 2.67. The first-order valence-corrected chi connectivity index (χ1v) is 9.12. The number of fused-ring (bicyclic) bond motifs is 4. The number of hydrogen-bond donors (Lipinski definition) is 2. The second-order valence-corrected chi connectivity index (χ2v) is 6.96. The molecular weight excluding hydrogens is 356 g/mol. The van der Waals surface area contributed by atoms with Crippen LogP contribution in [-0.4, -0.2) is 10.9 Å². The Labute approximate surface area is 158 Å². The fraction of sp³-hybridized carbons (Fsp3) is 0.136. The van der Waals surface area contributed by atoms with Crippen molar-refractivity contribution in [2.75, 3.05) is 5.32 Å². The third kappa shape index (κ3) is 2.62. The molecule has 6 heteroatoms. The molecule has 2 aromatic carbocycles. The van der Waals surface area contributed by atoms with E-state index in [-0.39, 0.29) is 11.1 Å². The van der Waals surface area contributed by atoms with Crippen LogP contribution in [-0.2, 0) is 12.8 Å². The quantitative estimate of drug-likeness (QED) is 0.528. The molecule has 0 spiro atoms. The van der Waals surface area contributed by atoms with Crippen LogP contribution in [0.3, 0.4) is 0 Å². The number of benzene rings is 2. The molecule has 5 rings (SSSR count). The lowest BCUT2D eigenvalue weighted by Crippen LogP contribution is -2.20. The van der Waals surface area contributed by atoms with Crippen molar-refractivity contribution in [1.29, 1.82) is 0 Å². The highest BCUT2D eigenvalue weighted by atomic mass is 16.4. The highest BCUT2D eigenvalue weighted by molar-refractivity contribution is 6.06. The fourth-order valence-electron chi connectivity index (χ4n) is 3.90. The average molecular weight is 372 g/mol. The number of carbonyl (C=O) groups is 1. The number of nitrogens with one attached hydrogen (secondary N) is 2. The maximum Gasteiger partial charge on any atom is 0.349 e. The summed E-state index contributed by atoms with van der Waals surface area (Å²) in [5, 5.41) is 4.39. The normalized spacial score (nSPS) is 13.0. The lowest BCUT2D eigenvalue weighted by Gasteiger charge is -2.09. The summed E-state index contributed by atoms with van der Waals surface area (Å²) >= 11 is 0. The van der Waals surface area contributed by atoms with E-state index in [1.54, 1.807) is 30.3 Å². The Morgan fingerprint density at radius 3 is 2.71 bits per heavy atom. The molecular formula is C22H16N2O4. The van der Waals surface area contributed by atoms with Gasteiger partial charge in [-0.15, -0.1) is 0 Å². The van der Waals surface area contributed by atoms with Crippen LogP contribution >= 0.6 is 0 Å². The van der Waals surface area contributed by atoms with E-state index in [4.69, 9.17) is 4.42 Å². The van der Waals surface area contributed by atoms with E-state index in [1.807, 2.05) is 12.1 Å². The summed E-state index contributed by atoms with van der Waals surface area (Å²) in [6, 6.07) is 13.9. The molecule has 4 aromatic rings. The van der Waals surface area contributed by atoms with Crippen molar-refractivity contribution in [1.82, 2.24) is 4.98 Å². The number of pyridine rings is 1. The lowest BCUT2D eigenvalue weighted by atomic mass is 10.1. The number of hydrogen-bond acceptors (Lipinski definition) is 4. The zero-order valence-corrected chi connectivity index (χ0v) is 14.9. The Balaban J connectivity index is 1.52. The molecule has 1 aliphatic carbocycles. The van der Waals surface area contributed by atoms with Crippen molar-refractivity contribution in [2.45, 2.75) is 19.3 Å². The van der Waals surface area contributed by atoms with Gasteiger partial charge >= 0.3 is 5.63 Å². The lowest BCUT2D eigenvalue weighted by molar-refractivity contribution is 0.102. The maximum atomic E-state index is 12.6. The van der Waals surface area contributed by atoms with E-state index in [9.17, 15) is 14.4 Å². The summed E-state index contributed by atoms with van der Waals surface area (Å²) in [5.41, 5.74) is 2.72. The number of aromatic amines is 1. The van der Waals surface area contributed by atoms with Gasteiger partial charge in [-0.3, -0.25) is 9.59 Å². The van der Waals surface area contributed by atoms with Crippen molar-refractivity contribution >= 4 is 33.5 Å². The van der Waals surface area contributed by atoms with E-state index in [0.29, 0.717) is 22.2 Å². The van der Waals surface area contributed by atoms with Crippen molar-refractivity contribution in [2.24, 2.45) is 0 Å². The van der Waals surface area contributed by atoms with Crippen molar-refractivity contribution in [3.8, 4) is 0 Å². The van der Waals surface area contributed by atoms with Gasteiger partial charge in [-0.1, -0.05) is 24.3 Å². The molecule has 2 N–H and O–H groups in total.